The van der Waals surface area contributed by atoms with Crippen LogP contribution in [0.15, 0.2) is 48.5 Å². The van der Waals surface area contributed by atoms with Gasteiger partial charge in [-0.2, -0.15) is 17.0 Å². The molecule has 5 nitrogen and oxygen atoms in total. The van der Waals surface area contributed by atoms with Gasteiger partial charge in [0.05, 0.1) is 22.2 Å². The Morgan fingerprint density at radius 1 is 1.23 bits per heavy atom. The van der Waals surface area contributed by atoms with Crippen molar-refractivity contribution in [2.24, 2.45) is 0 Å². The minimum absolute atomic E-state index is 0.322. The standard InChI is InChI=1S/C19H18ClN3O2S/c1-26-10-9-17(23-18(24)15-7-2-3-8-16(15)20)19(25)22-14-6-4-5-13(11-14)12-21/h2-8,11,17H,9-10H2,1H3,(H,22,25)(H,23,24). The van der Waals surface area contributed by atoms with Gasteiger partial charge < -0.3 is 10.6 Å². The van der Waals surface area contributed by atoms with E-state index in [9.17, 15) is 9.59 Å². The minimum atomic E-state index is -0.711. The molecule has 2 N–H and O–H groups in total. The van der Waals surface area contributed by atoms with Gasteiger partial charge in [-0.1, -0.05) is 29.8 Å². The van der Waals surface area contributed by atoms with Crippen LogP contribution in [-0.2, 0) is 4.79 Å². The molecule has 134 valence electrons. The lowest BCUT2D eigenvalue weighted by Gasteiger charge is -2.18. The third kappa shape index (κ3) is 5.51. The SMILES string of the molecule is CSCCC(NC(=O)c1ccccc1Cl)C(=O)Nc1cccc(C#N)c1. The van der Waals surface area contributed by atoms with Gasteiger partial charge in [-0.05, 0) is 48.8 Å². The molecule has 0 aromatic heterocycles. The average Bonchev–Trinajstić information content (AvgIpc) is 2.65. The van der Waals surface area contributed by atoms with Gasteiger partial charge in [0.2, 0.25) is 5.91 Å². The molecule has 2 rings (SSSR count). The zero-order valence-corrected chi connectivity index (χ0v) is 15.7. The molecule has 2 aromatic rings. The highest BCUT2D eigenvalue weighted by atomic mass is 35.5. The quantitative estimate of drug-likeness (QED) is 0.758. The number of thioether (sulfide) groups is 1. The third-order valence-electron chi connectivity index (χ3n) is 3.61. The summed E-state index contributed by atoms with van der Waals surface area (Å²) in [4.78, 5) is 25.1. The average molecular weight is 388 g/mol. The van der Waals surface area contributed by atoms with Crippen molar-refractivity contribution >= 4 is 40.9 Å². The molecule has 0 aliphatic carbocycles. The lowest BCUT2D eigenvalue weighted by Crippen LogP contribution is -2.44. The molecule has 26 heavy (non-hydrogen) atoms. The van der Waals surface area contributed by atoms with Gasteiger partial charge in [-0.15, -0.1) is 0 Å². The zero-order valence-electron chi connectivity index (χ0n) is 14.2. The summed E-state index contributed by atoms with van der Waals surface area (Å²) in [6, 6.07) is 14.6. The molecule has 0 radical (unpaired) electrons. The molecule has 1 atom stereocenters. The number of hydrogen-bond acceptors (Lipinski definition) is 4. The van der Waals surface area contributed by atoms with Crippen LogP contribution in [-0.4, -0.2) is 29.9 Å². The molecule has 0 saturated carbocycles. The summed E-state index contributed by atoms with van der Waals surface area (Å²) < 4.78 is 0. The van der Waals surface area contributed by atoms with Gasteiger partial charge in [-0.25, -0.2) is 0 Å². The van der Waals surface area contributed by atoms with Crippen LogP contribution in [0.2, 0.25) is 5.02 Å². The number of anilines is 1. The molecular formula is C19H18ClN3O2S. The number of nitrogens with zero attached hydrogens (tertiary/aromatic N) is 1. The van der Waals surface area contributed by atoms with Crippen molar-refractivity contribution in [2.75, 3.05) is 17.3 Å². The molecule has 0 aliphatic heterocycles. The molecule has 7 heteroatoms. The van der Waals surface area contributed by atoms with E-state index in [1.54, 1.807) is 60.3 Å². The van der Waals surface area contributed by atoms with Gasteiger partial charge in [0.1, 0.15) is 6.04 Å². The predicted molar refractivity (Wildman–Crippen MR) is 105 cm³/mol. The van der Waals surface area contributed by atoms with Crippen LogP contribution >= 0.6 is 23.4 Å². The number of amides is 2. The molecule has 0 saturated heterocycles. The van der Waals surface area contributed by atoms with Crippen LogP contribution in [0.4, 0.5) is 5.69 Å². The Bertz CT molecular complexity index is 836. The number of carbonyl (C=O) groups excluding carboxylic acids is 2. The van der Waals surface area contributed by atoms with E-state index in [1.807, 2.05) is 12.3 Å². The maximum absolute atomic E-state index is 12.6. The summed E-state index contributed by atoms with van der Waals surface area (Å²) in [7, 11) is 0. The summed E-state index contributed by atoms with van der Waals surface area (Å²) >= 11 is 7.64. The number of benzene rings is 2. The normalized spacial score (nSPS) is 11.3. The second kappa shape index (κ2) is 9.85. The molecule has 0 heterocycles. The van der Waals surface area contributed by atoms with E-state index < -0.39 is 11.9 Å². The first-order valence-corrected chi connectivity index (χ1v) is 9.67. The monoisotopic (exact) mass is 387 g/mol. The van der Waals surface area contributed by atoms with Crippen LogP contribution in [0.25, 0.3) is 0 Å². The first-order valence-electron chi connectivity index (χ1n) is 7.90. The molecule has 2 amide bonds. The van der Waals surface area contributed by atoms with Gasteiger partial charge in [-0.3, -0.25) is 9.59 Å². The molecule has 2 aromatic carbocycles. The lowest BCUT2D eigenvalue weighted by molar-refractivity contribution is -0.118. The Morgan fingerprint density at radius 3 is 2.69 bits per heavy atom. The van der Waals surface area contributed by atoms with Crippen LogP contribution in [0.1, 0.15) is 22.3 Å². The number of nitrogens with one attached hydrogen (secondary N) is 2. The molecular weight excluding hydrogens is 370 g/mol. The van der Waals surface area contributed by atoms with Gasteiger partial charge >= 0.3 is 0 Å². The van der Waals surface area contributed by atoms with E-state index >= 15 is 0 Å². The summed E-state index contributed by atoms with van der Waals surface area (Å²) in [6.45, 7) is 0. The summed E-state index contributed by atoms with van der Waals surface area (Å²) in [6.07, 6.45) is 2.41. The lowest BCUT2D eigenvalue weighted by atomic mass is 10.1. The van der Waals surface area contributed by atoms with E-state index in [2.05, 4.69) is 10.6 Å². The van der Waals surface area contributed by atoms with Crippen LogP contribution in [0.3, 0.4) is 0 Å². The molecule has 0 fully saturated rings. The predicted octanol–water partition coefficient (Wildman–Crippen LogP) is 3.70. The van der Waals surface area contributed by atoms with E-state index in [4.69, 9.17) is 16.9 Å². The fourth-order valence-electron chi connectivity index (χ4n) is 2.28. The number of halogens is 1. The number of hydrogen-bond donors (Lipinski definition) is 2. The zero-order chi connectivity index (χ0) is 18.9. The van der Waals surface area contributed by atoms with Gasteiger partial charge in [0.25, 0.3) is 5.91 Å². The molecule has 0 bridgehead atoms. The Labute approximate surface area is 161 Å². The number of nitriles is 1. The largest absolute Gasteiger partial charge is 0.340 e. The Kier molecular flexibility index (Phi) is 7.52. The first-order chi connectivity index (χ1) is 12.5. The number of carbonyl (C=O) groups is 2. The molecule has 1 unspecified atom stereocenters. The summed E-state index contributed by atoms with van der Waals surface area (Å²) in [5, 5.41) is 14.8. The Hall–Kier alpha value is -2.49. The smallest absolute Gasteiger partial charge is 0.253 e. The molecule has 0 spiro atoms. The van der Waals surface area contributed by atoms with Crippen molar-refractivity contribution in [3.05, 3.63) is 64.7 Å². The Balaban J connectivity index is 2.12. The highest BCUT2D eigenvalue weighted by Crippen LogP contribution is 2.16. The summed E-state index contributed by atoms with van der Waals surface area (Å²) in [5.41, 5.74) is 1.28. The first kappa shape index (κ1) is 19.8. The van der Waals surface area contributed by atoms with Crippen molar-refractivity contribution in [3.63, 3.8) is 0 Å². The van der Waals surface area contributed by atoms with Crippen molar-refractivity contribution in [1.29, 1.82) is 5.26 Å². The second-order valence-corrected chi connectivity index (χ2v) is 6.86. The van der Waals surface area contributed by atoms with Crippen molar-refractivity contribution < 1.29 is 9.59 Å². The topological polar surface area (TPSA) is 82.0 Å². The number of rotatable bonds is 7. The fourth-order valence-corrected chi connectivity index (χ4v) is 2.97. The minimum Gasteiger partial charge on any atom is -0.340 e. The van der Waals surface area contributed by atoms with Crippen molar-refractivity contribution in [2.45, 2.75) is 12.5 Å². The third-order valence-corrected chi connectivity index (χ3v) is 4.58. The highest BCUT2D eigenvalue weighted by molar-refractivity contribution is 7.98. The fraction of sp³-hybridized carbons (Fsp3) is 0.211. The van der Waals surface area contributed by atoms with E-state index in [0.717, 1.165) is 0 Å². The van der Waals surface area contributed by atoms with E-state index in [0.29, 0.717) is 34.0 Å². The Morgan fingerprint density at radius 2 is 2.00 bits per heavy atom. The van der Waals surface area contributed by atoms with Crippen LogP contribution in [0.5, 0.6) is 0 Å². The summed E-state index contributed by atoms with van der Waals surface area (Å²) in [5.74, 6) is -0.0313. The van der Waals surface area contributed by atoms with Gasteiger partial charge in [0.15, 0.2) is 0 Å². The van der Waals surface area contributed by atoms with E-state index in [1.165, 1.54) is 0 Å². The molecule has 0 aliphatic rings. The van der Waals surface area contributed by atoms with Gasteiger partial charge in [0, 0.05) is 5.69 Å². The highest BCUT2D eigenvalue weighted by Gasteiger charge is 2.22. The van der Waals surface area contributed by atoms with Crippen molar-refractivity contribution in [3.8, 4) is 6.07 Å². The van der Waals surface area contributed by atoms with E-state index in [-0.39, 0.29) is 5.91 Å². The van der Waals surface area contributed by atoms with Crippen LogP contribution < -0.4 is 10.6 Å². The maximum Gasteiger partial charge on any atom is 0.253 e. The van der Waals surface area contributed by atoms with Crippen LogP contribution in [0, 0.1) is 11.3 Å². The maximum atomic E-state index is 12.6. The second-order valence-electron chi connectivity index (χ2n) is 5.47. The van der Waals surface area contributed by atoms with Crippen molar-refractivity contribution in [1.82, 2.24) is 5.32 Å².